The van der Waals surface area contributed by atoms with Gasteiger partial charge in [0.15, 0.2) is 0 Å². The minimum absolute atomic E-state index is 0.649. The smallest absolute Gasteiger partial charge is 0.0625 e. The first-order chi connectivity index (χ1) is 6.09. The summed E-state index contributed by atoms with van der Waals surface area (Å²) in [4.78, 5) is 0. The van der Waals surface area contributed by atoms with Gasteiger partial charge in [0.25, 0.3) is 0 Å². The van der Waals surface area contributed by atoms with Crippen LogP contribution in [0.5, 0.6) is 0 Å². The third-order valence-corrected chi connectivity index (χ3v) is 3.07. The maximum absolute atomic E-state index is 10.9. The predicted molar refractivity (Wildman–Crippen MR) is 58.1 cm³/mol. The molecule has 1 nitrogen and oxygen atoms in total. The van der Waals surface area contributed by atoms with E-state index in [0.717, 1.165) is 6.42 Å². The molecule has 70 valence electrons. The normalized spacial score (nSPS) is 11.8. The summed E-state index contributed by atoms with van der Waals surface area (Å²) in [6, 6.07) is 7.66. The summed E-state index contributed by atoms with van der Waals surface area (Å²) in [5, 5.41) is 0.712. The summed E-state index contributed by atoms with van der Waals surface area (Å²) in [6.45, 7) is 4.35. The van der Waals surface area contributed by atoms with Gasteiger partial charge in [-0.3, -0.25) is 0 Å². The summed E-state index contributed by atoms with van der Waals surface area (Å²) in [5.41, 5.74) is 1.27. The van der Waals surface area contributed by atoms with Crippen molar-refractivity contribution >= 4 is 23.7 Å². The average molecular weight is 216 g/mol. The van der Waals surface area contributed by atoms with E-state index in [1.165, 1.54) is 5.56 Å². The zero-order valence-electron chi connectivity index (χ0n) is 7.83. The first-order valence-corrected chi connectivity index (χ1v) is 6.48. The molecule has 13 heavy (non-hydrogen) atoms. The van der Waals surface area contributed by atoms with Gasteiger partial charge in [-0.1, -0.05) is 26.0 Å². The summed E-state index contributed by atoms with van der Waals surface area (Å²) in [6.07, 6.45) is 1.05. The molecule has 3 heteroatoms. The van der Waals surface area contributed by atoms with E-state index in [4.69, 9.17) is 11.2 Å². The summed E-state index contributed by atoms with van der Waals surface area (Å²) in [5.74, 6) is 0.649. The highest BCUT2D eigenvalue weighted by Crippen LogP contribution is 2.25. The molecular formula is C10H13ClOP+. The van der Waals surface area contributed by atoms with E-state index in [0.29, 0.717) is 11.2 Å². The van der Waals surface area contributed by atoms with Crippen LogP contribution >= 0.6 is 18.4 Å². The fourth-order valence-corrected chi connectivity index (χ4v) is 1.94. The fraction of sp³-hybridized carbons (Fsp3) is 0.400. The van der Waals surface area contributed by atoms with E-state index in [1.807, 2.05) is 24.3 Å². The number of hydrogen-bond acceptors (Lipinski definition) is 1. The molecule has 1 aromatic rings. The van der Waals surface area contributed by atoms with Gasteiger partial charge in [0.1, 0.15) is 0 Å². The second kappa shape index (κ2) is 4.74. The Morgan fingerprint density at radius 3 is 2.23 bits per heavy atom. The molecule has 0 spiro atoms. The molecule has 0 aromatic heterocycles. The van der Waals surface area contributed by atoms with E-state index in [9.17, 15) is 4.57 Å². The zero-order chi connectivity index (χ0) is 9.84. The first-order valence-electron chi connectivity index (χ1n) is 4.31. The lowest BCUT2D eigenvalue weighted by Crippen LogP contribution is -1.97. The molecule has 0 radical (unpaired) electrons. The largest absolute Gasteiger partial charge is 0.494 e. The molecule has 0 aliphatic heterocycles. The van der Waals surface area contributed by atoms with Crippen LogP contribution in [0.2, 0.25) is 0 Å². The Kier molecular flexibility index (Phi) is 3.90. The van der Waals surface area contributed by atoms with E-state index in [2.05, 4.69) is 13.8 Å². The van der Waals surface area contributed by atoms with Crippen molar-refractivity contribution in [1.82, 2.24) is 0 Å². The molecule has 0 saturated heterocycles. The number of hydrogen-bond donors (Lipinski definition) is 0. The van der Waals surface area contributed by atoms with Gasteiger partial charge in [-0.25, -0.2) is 0 Å². The molecule has 0 fully saturated rings. The lowest BCUT2D eigenvalue weighted by atomic mass is 10.0. The molecular weight excluding hydrogens is 203 g/mol. The van der Waals surface area contributed by atoms with Crippen molar-refractivity contribution in [1.29, 1.82) is 0 Å². The lowest BCUT2D eigenvalue weighted by molar-refractivity contribution is 0.600. The van der Waals surface area contributed by atoms with Crippen molar-refractivity contribution in [2.24, 2.45) is 5.92 Å². The molecule has 1 aromatic carbocycles. The van der Waals surface area contributed by atoms with Crippen LogP contribution < -0.4 is 5.30 Å². The van der Waals surface area contributed by atoms with Crippen molar-refractivity contribution < 1.29 is 4.57 Å². The van der Waals surface area contributed by atoms with Gasteiger partial charge < -0.3 is 0 Å². The molecule has 0 bridgehead atoms. The monoisotopic (exact) mass is 215 g/mol. The number of rotatable bonds is 3. The number of halogens is 1. The highest BCUT2D eigenvalue weighted by Gasteiger charge is 2.15. The van der Waals surface area contributed by atoms with Crippen LogP contribution in [0.3, 0.4) is 0 Å². The maximum atomic E-state index is 10.9. The maximum Gasteiger partial charge on any atom is 0.494 e. The van der Waals surface area contributed by atoms with E-state index >= 15 is 0 Å². The van der Waals surface area contributed by atoms with Crippen molar-refractivity contribution in [2.75, 3.05) is 0 Å². The average Bonchev–Trinajstić information content (AvgIpc) is 2.04. The van der Waals surface area contributed by atoms with Gasteiger partial charge in [-0.2, -0.15) is 0 Å². The Labute approximate surface area is 84.7 Å². The molecule has 1 unspecified atom stereocenters. The highest BCUT2D eigenvalue weighted by molar-refractivity contribution is 7.80. The van der Waals surface area contributed by atoms with Crippen LogP contribution in [-0.2, 0) is 11.0 Å². The Balaban J connectivity index is 2.75. The van der Waals surface area contributed by atoms with Crippen LogP contribution in [0, 0.1) is 5.92 Å². The van der Waals surface area contributed by atoms with Crippen molar-refractivity contribution in [2.45, 2.75) is 20.3 Å². The lowest BCUT2D eigenvalue weighted by Gasteiger charge is -2.02. The molecule has 1 atom stereocenters. The molecule has 0 aliphatic rings. The van der Waals surface area contributed by atoms with Gasteiger partial charge in [-0.05, 0) is 34.6 Å². The number of benzene rings is 1. The van der Waals surface area contributed by atoms with Crippen LogP contribution in [0.4, 0.5) is 0 Å². The summed E-state index contributed by atoms with van der Waals surface area (Å²) in [7, 11) is -1.71. The van der Waals surface area contributed by atoms with Crippen LogP contribution in [0.15, 0.2) is 24.3 Å². The van der Waals surface area contributed by atoms with Gasteiger partial charge >= 0.3 is 7.15 Å². The van der Waals surface area contributed by atoms with Crippen molar-refractivity contribution in [3.8, 4) is 0 Å². The summed E-state index contributed by atoms with van der Waals surface area (Å²) < 4.78 is 10.9. The van der Waals surface area contributed by atoms with E-state index < -0.39 is 7.15 Å². The molecule has 0 amide bonds. The Hall–Kier alpha value is -0.390. The minimum atomic E-state index is -1.71. The standard InChI is InChI=1S/C10H13ClOP/c1-8(2)7-9-3-5-10(6-4-9)13(11)12/h3-6,8H,7H2,1-2H3/q+1. The topological polar surface area (TPSA) is 17.1 Å². The molecule has 0 N–H and O–H groups in total. The third-order valence-electron chi connectivity index (χ3n) is 1.78. The van der Waals surface area contributed by atoms with Crippen LogP contribution in [0.1, 0.15) is 19.4 Å². The first kappa shape index (κ1) is 10.7. The Bertz CT molecular complexity index is 292. The molecule has 0 aliphatic carbocycles. The zero-order valence-corrected chi connectivity index (χ0v) is 9.48. The fourth-order valence-electron chi connectivity index (χ4n) is 1.22. The molecule has 0 saturated carbocycles. The van der Waals surface area contributed by atoms with Gasteiger partial charge in [-0.15, -0.1) is 0 Å². The second-order valence-electron chi connectivity index (χ2n) is 3.51. The van der Waals surface area contributed by atoms with Gasteiger partial charge in [0, 0.05) is 0 Å². The quantitative estimate of drug-likeness (QED) is 0.706. The minimum Gasteiger partial charge on any atom is -0.0625 e. The van der Waals surface area contributed by atoms with Crippen LogP contribution in [-0.4, -0.2) is 0 Å². The third kappa shape index (κ3) is 3.46. The molecule has 1 rings (SSSR count). The summed E-state index contributed by atoms with van der Waals surface area (Å²) >= 11 is 5.47. The SMILES string of the molecule is CC(C)Cc1ccc([P+](=O)Cl)cc1. The van der Waals surface area contributed by atoms with Crippen molar-refractivity contribution in [3.63, 3.8) is 0 Å². The Morgan fingerprint density at radius 1 is 1.31 bits per heavy atom. The predicted octanol–water partition coefficient (Wildman–Crippen LogP) is 3.49. The van der Waals surface area contributed by atoms with Gasteiger partial charge in [0.2, 0.25) is 16.5 Å². The van der Waals surface area contributed by atoms with E-state index in [1.54, 1.807) is 0 Å². The molecule has 0 heterocycles. The van der Waals surface area contributed by atoms with E-state index in [-0.39, 0.29) is 0 Å². The Morgan fingerprint density at radius 2 is 1.85 bits per heavy atom. The highest BCUT2D eigenvalue weighted by atomic mass is 35.7. The second-order valence-corrected chi connectivity index (χ2v) is 5.44. The van der Waals surface area contributed by atoms with Crippen molar-refractivity contribution in [3.05, 3.63) is 29.8 Å². The van der Waals surface area contributed by atoms with Crippen LogP contribution in [0.25, 0.3) is 0 Å². The van der Waals surface area contributed by atoms with Gasteiger partial charge in [0.05, 0.1) is 0 Å².